The Hall–Kier alpha value is 0.160. The van der Waals surface area contributed by atoms with Gasteiger partial charge in [-0.3, -0.25) is 0 Å². The van der Waals surface area contributed by atoms with Crippen LogP contribution in [0.1, 0.15) is 39.0 Å². The summed E-state index contributed by atoms with van der Waals surface area (Å²) < 4.78 is 25.9. The van der Waals surface area contributed by atoms with Crippen molar-refractivity contribution in [1.29, 1.82) is 0 Å². The summed E-state index contributed by atoms with van der Waals surface area (Å²) in [7, 11) is -3.09. The number of nitrogens with one attached hydrogen (secondary N) is 1. The molecule has 0 spiro atoms. The van der Waals surface area contributed by atoms with Crippen LogP contribution in [0.3, 0.4) is 0 Å². The fourth-order valence-electron chi connectivity index (χ4n) is 2.27. The molecule has 0 aliphatic carbocycles. The van der Waals surface area contributed by atoms with E-state index in [1.165, 1.54) is 12.8 Å². The summed E-state index contributed by atoms with van der Waals surface area (Å²) in [6, 6.07) is 0. The molecule has 0 aromatic heterocycles. The minimum Gasteiger partial charge on any atom is -0.303 e. The smallest absolute Gasteiger partial charge is 0.211 e. The number of hydrogen-bond donors (Lipinski definition) is 1. The van der Waals surface area contributed by atoms with Crippen LogP contribution >= 0.6 is 11.6 Å². The van der Waals surface area contributed by atoms with Crippen molar-refractivity contribution in [2.24, 2.45) is 5.92 Å². The maximum atomic E-state index is 11.6. The quantitative estimate of drug-likeness (QED) is 0.524. The summed E-state index contributed by atoms with van der Waals surface area (Å²) in [6.07, 6.45) is 4.83. The highest BCUT2D eigenvalue weighted by molar-refractivity contribution is 7.89. The first-order chi connectivity index (χ1) is 9.03. The zero-order valence-electron chi connectivity index (χ0n) is 11.9. The Bertz CT molecular complexity index is 328. The molecule has 1 saturated heterocycles. The second-order valence-electron chi connectivity index (χ2n) is 5.49. The monoisotopic (exact) mass is 310 g/mol. The molecule has 1 rings (SSSR count). The van der Waals surface area contributed by atoms with Gasteiger partial charge in [-0.2, -0.15) is 0 Å². The van der Waals surface area contributed by atoms with E-state index in [1.807, 2.05) is 0 Å². The SMILES string of the molecule is CC1CCN(CCCNS(=O)(=O)CCCCCl)CC1. The topological polar surface area (TPSA) is 49.4 Å². The molecule has 0 radical (unpaired) electrons. The van der Waals surface area contributed by atoms with Crippen LogP contribution in [0.4, 0.5) is 0 Å². The molecular weight excluding hydrogens is 284 g/mol. The average molecular weight is 311 g/mol. The number of halogens is 1. The standard InChI is InChI=1S/C13H27ClN2O2S/c1-13-5-10-16(11-6-13)9-4-8-15-19(17,18)12-3-2-7-14/h13,15H,2-12H2,1H3. The zero-order valence-corrected chi connectivity index (χ0v) is 13.5. The number of rotatable bonds is 9. The molecule has 0 bridgehead atoms. The first-order valence-electron chi connectivity index (χ1n) is 7.29. The van der Waals surface area contributed by atoms with Crippen molar-refractivity contribution in [3.8, 4) is 0 Å². The molecule has 0 unspecified atom stereocenters. The molecule has 4 nitrogen and oxygen atoms in total. The van der Waals surface area contributed by atoms with Crippen LogP contribution < -0.4 is 4.72 Å². The largest absolute Gasteiger partial charge is 0.303 e. The average Bonchev–Trinajstić information content (AvgIpc) is 2.37. The lowest BCUT2D eigenvalue weighted by atomic mass is 9.99. The van der Waals surface area contributed by atoms with E-state index in [1.54, 1.807) is 0 Å². The highest BCUT2D eigenvalue weighted by atomic mass is 35.5. The summed E-state index contributed by atoms with van der Waals surface area (Å²) in [5.74, 6) is 1.57. The van der Waals surface area contributed by atoms with Crippen LogP contribution in [0, 0.1) is 5.92 Å². The van der Waals surface area contributed by atoms with Gasteiger partial charge in [-0.25, -0.2) is 13.1 Å². The van der Waals surface area contributed by atoms with Crippen LogP contribution in [-0.4, -0.2) is 51.1 Å². The highest BCUT2D eigenvalue weighted by Crippen LogP contribution is 2.15. The van der Waals surface area contributed by atoms with Crippen molar-refractivity contribution < 1.29 is 8.42 Å². The predicted molar refractivity (Wildman–Crippen MR) is 81.2 cm³/mol. The van der Waals surface area contributed by atoms with E-state index < -0.39 is 10.0 Å². The summed E-state index contributed by atoms with van der Waals surface area (Å²) >= 11 is 5.53. The van der Waals surface area contributed by atoms with Crippen molar-refractivity contribution in [1.82, 2.24) is 9.62 Å². The lowest BCUT2D eigenvalue weighted by molar-refractivity contribution is 0.191. The molecule has 1 aliphatic rings. The van der Waals surface area contributed by atoms with E-state index in [4.69, 9.17) is 11.6 Å². The first-order valence-corrected chi connectivity index (χ1v) is 9.48. The van der Waals surface area contributed by atoms with Gasteiger partial charge in [0.2, 0.25) is 10.0 Å². The second kappa shape index (κ2) is 9.16. The third-order valence-electron chi connectivity index (χ3n) is 3.65. The number of nitrogens with zero attached hydrogens (tertiary/aromatic N) is 1. The minimum atomic E-state index is -3.09. The maximum Gasteiger partial charge on any atom is 0.211 e. The van der Waals surface area contributed by atoms with Gasteiger partial charge in [0.15, 0.2) is 0 Å². The van der Waals surface area contributed by atoms with Gasteiger partial charge in [0.25, 0.3) is 0 Å². The number of hydrogen-bond acceptors (Lipinski definition) is 3. The number of piperidine rings is 1. The Morgan fingerprint density at radius 3 is 2.53 bits per heavy atom. The predicted octanol–water partition coefficient (Wildman–Crippen LogP) is 2.05. The van der Waals surface area contributed by atoms with Crippen LogP contribution in [0.25, 0.3) is 0 Å². The number of sulfonamides is 1. The third-order valence-corrected chi connectivity index (χ3v) is 5.38. The molecule has 19 heavy (non-hydrogen) atoms. The van der Waals surface area contributed by atoms with Crippen molar-refractivity contribution in [3.63, 3.8) is 0 Å². The van der Waals surface area contributed by atoms with E-state index >= 15 is 0 Å². The molecule has 1 N–H and O–H groups in total. The van der Waals surface area contributed by atoms with Crippen molar-refractivity contribution in [2.45, 2.75) is 39.0 Å². The zero-order chi connectivity index (χ0) is 14.1. The molecule has 1 aliphatic heterocycles. The molecule has 0 atom stereocenters. The lowest BCUT2D eigenvalue weighted by Gasteiger charge is -2.30. The Balaban J connectivity index is 2.06. The van der Waals surface area contributed by atoms with Crippen molar-refractivity contribution in [2.75, 3.05) is 37.8 Å². The summed E-state index contributed by atoms with van der Waals surface area (Å²) in [6.45, 7) is 6.16. The van der Waals surface area contributed by atoms with Crippen molar-refractivity contribution >= 4 is 21.6 Å². The number of likely N-dealkylation sites (tertiary alicyclic amines) is 1. The molecular formula is C13H27ClN2O2S. The maximum absolute atomic E-state index is 11.6. The van der Waals surface area contributed by atoms with Gasteiger partial charge in [0.05, 0.1) is 5.75 Å². The van der Waals surface area contributed by atoms with Crippen LogP contribution in [-0.2, 0) is 10.0 Å². The van der Waals surface area contributed by atoms with Gasteiger partial charge in [-0.1, -0.05) is 6.92 Å². The Morgan fingerprint density at radius 1 is 1.21 bits per heavy atom. The van der Waals surface area contributed by atoms with Gasteiger partial charge in [0.1, 0.15) is 0 Å². The number of alkyl halides is 1. The van der Waals surface area contributed by atoms with Crippen LogP contribution in [0.2, 0.25) is 0 Å². The Kier molecular flexibility index (Phi) is 8.30. The number of unbranched alkanes of at least 4 members (excludes halogenated alkanes) is 1. The van der Waals surface area contributed by atoms with E-state index in [9.17, 15) is 8.42 Å². The molecule has 0 aromatic rings. The minimum absolute atomic E-state index is 0.195. The van der Waals surface area contributed by atoms with E-state index in [2.05, 4.69) is 16.5 Å². The molecule has 0 aromatic carbocycles. The fourth-order valence-corrected chi connectivity index (χ4v) is 3.65. The van der Waals surface area contributed by atoms with Crippen LogP contribution in [0.5, 0.6) is 0 Å². The highest BCUT2D eigenvalue weighted by Gasteiger charge is 2.15. The summed E-state index contributed by atoms with van der Waals surface area (Å²) in [5, 5.41) is 0. The summed E-state index contributed by atoms with van der Waals surface area (Å²) in [4.78, 5) is 2.43. The first kappa shape index (κ1) is 17.2. The molecule has 1 heterocycles. The molecule has 6 heteroatoms. The van der Waals surface area contributed by atoms with Gasteiger partial charge in [0, 0.05) is 12.4 Å². The summed E-state index contributed by atoms with van der Waals surface area (Å²) in [5.41, 5.74) is 0. The lowest BCUT2D eigenvalue weighted by Crippen LogP contribution is -2.35. The van der Waals surface area contributed by atoms with E-state index in [-0.39, 0.29) is 5.75 Å². The van der Waals surface area contributed by atoms with Crippen LogP contribution in [0.15, 0.2) is 0 Å². The van der Waals surface area contributed by atoms with Gasteiger partial charge < -0.3 is 4.90 Å². The van der Waals surface area contributed by atoms with Gasteiger partial charge in [-0.15, -0.1) is 11.6 Å². The fraction of sp³-hybridized carbons (Fsp3) is 1.00. The van der Waals surface area contributed by atoms with Crippen molar-refractivity contribution in [3.05, 3.63) is 0 Å². The normalized spacial score (nSPS) is 18.8. The van der Waals surface area contributed by atoms with E-state index in [0.29, 0.717) is 18.8 Å². The molecule has 0 amide bonds. The molecule has 1 fully saturated rings. The Labute approximate surface area is 122 Å². The third kappa shape index (κ3) is 8.12. The molecule has 0 saturated carbocycles. The van der Waals surface area contributed by atoms with E-state index in [0.717, 1.165) is 38.4 Å². The molecule has 114 valence electrons. The van der Waals surface area contributed by atoms with Gasteiger partial charge in [-0.05, 0) is 57.7 Å². The second-order valence-corrected chi connectivity index (χ2v) is 7.79. The Morgan fingerprint density at radius 2 is 1.89 bits per heavy atom. The van der Waals surface area contributed by atoms with Gasteiger partial charge >= 0.3 is 0 Å².